The Kier molecular flexibility index (Phi) is 11.7. The van der Waals surface area contributed by atoms with Gasteiger partial charge in [-0.3, -0.25) is 0 Å². The van der Waals surface area contributed by atoms with Crippen LogP contribution < -0.4 is 14.2 Å². The Hall–Kier alpha value is -4.79. The lowest BCUT2D eigenvalue weighted by molar-refractivity contribution is 0.156. The van der Waals surface area contributed by atoms with Crippen molar-refractivity contribution in [1.29, 1.82) is 0 Å². The monoisotopic (exact) mass is 888 g/mol. The van der Waals surface area contributed by atoms with E-state index in [1.807, 2.05) is 34.7 Å². The van der Waals surface area contributed by atoms with Gasteiger partial charge in [0.25, 0.3) is 0 Å². The SMILES string of the molecule is COc1ccc(CN(Cc2ccc(OC)cc2)S(=O)(=O)c2c(S(=O)(=O)C3CCN(C(=O)O)C3)ccc(I)c2-c2nnn(Cc3ccc(OC)cc3)n2)cc1. The van der Waals surface area contributed by atoms with Crippen LogP contribution in [0.4, 0.5) is 4.79 Å². The average molecular weight is 889 g/mol. The van der Waals surface area contributed by atoms with Crippen molar-refractivity contribution in [1.82, 2.24) is 29.4 Å². The summed E-state index contributed by atoms with van der Waals surface area (Å²) in [4.78, 5) is 13.1. The van der Waals surface area contributed by atoms with E-state index >= 15 is 8.42 Å². The molecule has 54 heavy (non-hydrogen) atoms. The van der Waals surface area contributed by atoms with Crippen LogP contribution in [0, 0.1) is 3.57 Å². The minimum absolute atomic E-state index is 0.00680. The number of methoxy groups -OCH3 is 3. The fourth-order valence-electron chi connectivity index (χ4n) is 6.09. The summed E-state index contributed by atoms with van der Waals surface area (Å²) in [6, 6.07) is 23.7. The van der Waals surface area contributed by atoms with E-state index in [1.54, 1.807) is 67.8 Å². The average Bonchev–Trinajstić information content (AvgIpc) is 3.87. The summed E-state index contributed by atoms with van der Waals surface area (Å²) >= 11 is 1.94. The normalized spacial score (nSPS) is 14.7. The molecule has 0 spiro atoms. The fraction of sp³-hybridized carbons (Fsp3) is 0.278. The second-order valence-electron chi connectivity index (χ2n) is 12.4. The molecule has 5 aromatic rings. The van der Waals surface area contributed by atoms with Crippen molar-refractivity contribution < 1.29 is 40.9 Å². The molecule has 1 aliphatic rings. The smallest absolute Gasteiger partial charge is 0.407 e. The topological polar surface area (TPSA) is 183 Å². The first-order chi connectivity index (χ1) is 25.8. The third kappa shape index (κ3) is 8.30. The van der Waals surface area contributed by atoms with Crippen LogP contribution in [0.25, 0.3) is 11.4 Å². The van der Waals surface area contributed by atoms with Crippen LogP contribution in [0.3, 0.4) is 0 Å². The molecule has 4 aromatic carbocycles. The number of amides is 1. The van der Waals surface area contributed by atoms with Gasteiger partial charge in [0.2, 0.25) is 15.8 Å². The van der Waals surface area contributed by atoms with E-state index in [0.717, 1.165) is 10.5 Å². The first kappa shape index (κ1) is 38.9. The van der Waals surface area contributed by atoms with E-state index in [9.17, 15) is 18.3 Å². The highest BCUT2D eigenvalue weighted by Crippen LogP contribution is 2.40. The van der Waals surface area contributed by atoms with Gasteiger partial charge in [-0.2, -0.15) is 9.10 Å². The first-order valence-corrected chi connectivity index (χ1v) is 20.6. The number of sulfone groups is 1. The molecule has 1 unspecified atom stereocenters. The number of halogens is 1. The number of rotatable bonds is 14. The Morgan fingerprint density at radius 3 is 1.81 bits per heavy atom. The lowest BCUT2D eigenvalue weighted by atomic mass is 10.2. The van der Waals surface area contributed by atoms with Crippen LogP contribution in [0.1, 0.15) is 23.1 Å². The van der Waals surface area contributed by atoms with Crippen molar-refractivity contribution in [2.75, 3.05) is 34.4 Å². The minimum atomic E-state index is -4.73. The van der Waals surface area contributed by atoms with Crippen LogP contribution in [-0.2, 0) is 39.5 Å². The van der Waals surface area contributed by atoms with Gasteiger partial charge in [-0.1, -0.05) is 36.4 Å². The largest absolute Gasteiger partial charge is 0.497 e. The fourth-order valence-corrected chi connectivity index (χ4v) is 11.1. The molecule has 1 atom stereocenters. The number of carbonyl (C=O) groups is 1. The summed E-state index contributed by atoms with van der Waals surface area (Å²) < 4.78 is 77.2. The second kappa shape index (κ2) is 16.3. The first-order valence-electron chi connectivity index (χ1n) is 16.6. The summed E-state index contributed by atoms with van der Waals surface area (Å²) in [5.41, 5.74) is 2.00. The Morgan fingerprint density at radius 2 is 1.33 bits per heavy atom. The molecule has 1 aliphatic heterocycles. The number of benzene rings is 4. The van der Waals surface area contributed by atoms with E-state index in [2.05, 4.69) is 15.4 Å². The number of nitrogens with zero attached hydrogens (tertiary/aromatic N) is 6. The standard InChI is InChI=1S/C36H37IN6O9S2/c1-50-27-10-4-24(5-11-27)20-42(21-25-6-12-28(51-2)13-7-25)54(48,49)34-32(53(46,47)30-18-19-41(23-30)36(44)45)17-16-31(37)33(34)35-38-40-43(39-35)22-26-8-14-29(52-3)15-9-26/h4-17,30H,18-23H2,1-3H3,(H,44,45). The van der Waals surface area contributed by atoms with E-state index in [4.69, 9.17) is 14.2 Å². The van der Waals surface area contributed by atoms with E-state index in [-0.39, 0.29) is 50.5 Å². The molecule has 18 heteroatoms. The predicted molar refractivity (Wildman–Crippen MR) is 206 cm³/mol. The van der Waals surface area contributed by atoms with Gasteiger partial charge in [0.1, 0.15) is 22.1 Å². The molecular weight excluding hydrogens is 851 g/mol. The Morgan fingerprint density at radius 1 is 0.815 bits per heavy atom. The van der Waals surface area contributed by atoms with Crippen LogP contribution in [0.15, 0.2) is 94.7 Å². The molecule has 15 nitrogen and oxygen atoms in total. The maximum atomic E-state index is 15.4. The molecule has 0 bridgehead atoms. The van der Waals surface area contributed by atoms with Crippen molar-refractivity contribution in [2.24, 2.45) is 0 Å². The number of hydrogen-bond acceptors (Lipinski definition) is 11. The van der Waals surface area contributed by atoms with Gasteiger partial charge in [0, 0.05) is 29.7 Å². The van der Waals surface area contributed by atoms with Crippen molar-refractivity contribution in [3.63, 3.8) is 0 Å². The van der Waals surface area contributed by atoms with Crippen molar-refractivity contribution in [3.8, 4) is 28.6 Å². The molecule has 6 rings (SSSR count). The summed E-state index contributed by atoms with van der Waals surface area (Å²) in [5.74, 6) is 1.71. The van der Waals surface area contributed by atoms with E-state index < -0.39 is 41.0 Å². The lowest BCUT2D eigenvalue weighted by Crippen LogP contribution is -2.34. The molecule has 0 aliphatic carbocycles. The van der Waals surface area contributed by atoms with Crippen molar-refractivity contribution in [2.45, 2.75) is 41.1 Å². The number of carboxylic acid groups (broad SMARTS) is 1. The highest BCUT2D eigenvalue weighted by molar-refractivity contribution is 14.1. The van der Waals surface area contributed by atoms with Crippen molar-refractivity contribution >= 4 is 48.5 Å². The summed E-state index contributed by atoms with van der Waals surface area (Å²) in [6.07, 6.45) is -1.26. The predicted octanol–water partition coefficient (Wildman–Crippen LogP) is 4.94. The molecule has 1 aromatic heterocycles. The number of hydrogen-bond donors (Lipinski definition) is 1. The maximum absolute atomic E-state index is 15.4. The summed E-state index contributed by atoms with van der Waals surface area (Å²) in [7, 11) is -4.58. The van der Waals surface area contributed by atoms with Gasteiger partial charge in [0.05, 0.1) is 43.6 Å². The minimum Gasteiger partial charge on any atom is -0.497 e. The van der Waals surface area contributed by atoms with Gasteiger partial charge in [-0.15, -0.1) is 10.2 Å². The number of ether oxygens (including phenoxy) is 3. The van der Waals surface area contributed by atoms with Gasteiger partial charge < -0.3 is 24.2 Å². The maximum Gasteiger partial charge on any atom is 0.407 e. The second-order valence-corrected chi connectivity index (χ2v) is 17.6. The molecule has 0 saturated carbocycles. The van der Waals surface area contributed by atoms with Crippen LogP contribution >= 0.6 is 22.6 Å². The number of tetrazole rings is 1. The zero-order valence-corrected chi connectivity index (χ0v) is 33.3. The molecule has 284 valence electrons. The Bertz CT molecular complexity index is 2290. The van der Waals surface area contributed by atoms with Gasteiger partial charge in [0.15, 0.2) is 9.84 Å². The third-order valence-electron chi connectivity index (χ3n) is 9.02. The molecule has 1 amide bonds. The molecule has 1 saturated heterocycles. The highest BCUT2D eigenvalue weighted by atomic mass is 127. The van der Waals surface area contributed by atoms with Crippen LogP contribution in [0.5, 0.6) is 17.2 Å². The Balaban J connectivity index is 1.52. The summed E-state index contributed by atoms with van der Waals surface area (Å²) in [5, 5.41) is 21.4. The van der Waals surface area contributed by atoms with Gasteiger partial charge in [-0.25, -0.2) is 21.6 Å². The molecular formula is C36H37IN6O9S2. The van der Waals surface area contributed by atoms with E-state index in [0.29, 0.717) is 31.9 Å². The molecule has 1 N–H and O–H groups in total. The molecule has 2 heterocycles. The lowest BCUT2D eigenvalue weighted by Gasteiger charge is -2.26. The number of likely N-dealkylation sites (tertiary alicyclic amines) is 1. The quantitative estimate of drug-likeness (QED) is 0.149. The zero-order valence-electron chi connectivity index (χ0n) is 29.5. The third-order valence-corrected chi connectivity index (χ3v) is 14.1. The summed E-state index contributed by atoms with van der Waals surface area (Å²) in [6.45, 7) is -0.425. The Labute approximate surface area is 326 Å². The van der Waals surface area contributed by atoms with Crippen LogP contribution in [0.2, 0.25) is 0 Å². The van der Waals surface area contributed by atoms with Gasteiger partial charge >= 0.3 is 6.09 Å². The number of sulfonamides is 1. The molecule has 1 fully saturated rings. The van der Waals surface area contributed by atoms with E-state index in [1.165, 1.54) is 35.5 Å². The van der Waals surface area contributed by atoms with Crippen molar-refractivity contribution in [3.05, 3.63) is 105 Å². The van der Waals surface area contributed by atoms with Crippen LogP contribution in [-0.4, -0.2) is 97.1 Å². The number of aromatic nitrogens is 4. The van der Waals surface area contributed by atoms with Gasteiger partial charge in [-0.05, 0) is 99.4 Å². The highest BCUT2D eigenvalue weighted by Gasteiger charge is 2.42. The molecule has 0 radical (unpaired) electrons. The zero-order chi connectivity index (χ0) is 38.6.